The first-order valence-electron chi connectivity index (χ1n) is 9.93. The number of aromatic nitrogens is 3. The Morgan fingerprint density at radius 2 is 2.15 bits per heavy atom. The van der Waals surface area contributed by atoms with Crippen LogP contribution in [0.4, 0.5) is 0 Å². The average Bonchev–Trinajstić information content (AvgIpc) is 3.36. The van der Waals surface area contributed by atoms with Gasteiger partial charge in [0.25, 0.3) is 0 Å². The standard InChI is InChI=1S/C18H31N7O2/c1-3-19-18(20-10-4-5-17(26)21-13-6-7-13)22-14-8-9-16-23-15(12-27-2)24-25(16)11-14/h13-14H,3-12H2,1-2H3,(H,21,26)(H2,19,20,22). The van der Waals surface area contributed by atoms with Gasteiger partial charge in [-0.15, -0.1) is 0 Å². The SMILES string of the molecule is CCNC(=NCCCC(=O)NC1CC1)NC1CCc2nc(COC)nn2C1. The first-order valence-corrected chi connectivity index (χ1v) is 9.93. The summed E-state index contributed by atoms with van der Waals surface area (Å²) in [6, 6.07) is 0.683. The lowest BCUT2D eigenvalue weighted by molar-refractivity contribution is -0.121. The molecule has 1 aromatic rings. The monoisotopic (exact) mass is 377 g/mol. The van der Waals surface area contributed by atoms with E-state index in [1.807, 2.05) is 11.6 Å². The van der Waals surface area contributed by atoms with E-state index in [0.717, 1.165) is 62.8 Å². The van der Waals surface area contributed by atoms with Gasteiger partial charge in [0.05, 0.1) is 6.54 Å². The summed E-state index contributed by atoms with van der Waals surface area (Å²) in [5, 5.41) is 14.3. The minimum absolute atomic E-state index is 0.142. The predicted molar refractivity (Wildman–Crippen MR) is 102 cm³/mol. The normalized spacial score (nSPS) is 19.5. The molecule has 3 rings (SSSR count). The molecule has 9 heteroatoms. The topological polar surface area (TPSA) is 105 Å². The molecule has 2 heterocycles. The largest absolute Gasteiger partial charge is 0.377 e. The Balaban J connectivity index is 1.45. The zero-order valence-electron chi connectivity index (χ0n) is 16.3. The van der Waals surface area contributed by atoms with Gasteiger partial charge in [0.2, 0.25) is 5.91 Å². The number of nitrogens with zero attached hydrogens (tertiary/aromatic N) is 4. The van der Waals surface area contributed by atoms with Gasteiger partial charge in [-0.05, 0) is 32.6 Å². The number of fused-ring (bicyclic) bond motifs is 1. The molecule has 0 bridgehead atoms. The minimum Gasteiger partial charge on any atom is -0.377 e. The Labute approximate surface area is 160 Å². The van der Waals surface area contributed by atoms with Crippen LogP contribution in [0.3, 0.4) is 0 Å². The van der Waals surface area contributed by atoms with Crippen molar-refractivity contribution < 1.29 is 9.53 Å². The number of aryl methyl sites for hydroxylation is 1. The molecule has 1 aliphatic carbocycles. The van der Waals surface area contributed by atoms with Crippen molar-refractivity contribution in [3.8, 4) is 0 Å². The third-order valence-electron chi connectivity index (χ3n) is 4.63. The van der Waals surface area contributed by atoms with Gasteiger partial charge >= 0.3 is 0 Å². The maximum Gasteiger partial charge on any atom is 0.220 e. The fourth-order valence-corrected chi connectivity index (χ4v) is 3.14. The molecule has 0 aromatic carbocycles. The Kier molecular flexibility index (Phi) is 7.03. The fraction of sp³-hybridized carbons (Fsp3) is 0.778. The molecule has 9 nitrogen and oxygen atoms in total. The zero-order chi connectivity index (χ0) is 19.1. The Morgan fingerprint density at radius 1 is 1.30 bits per heavy atom. The third-order valence-corrected chi connectivity index (χ3v) is 4.63. The maximum absolute atomic E-state index is 11.7. The zero-order valence-corrected chi connectivity index (χ0v) is 16.3. The van der Waals surface area contributed by atoms with Crippen molar-refractivity contribution in [1.29, 1.82) is 0 Å². The molecule has 150 valence electrons. The van der Waals surface area contributed by atoms with Crippen LogP contribution >= 0.6 is 0 Å². The average molecular weight is 377 g/mol. The smallest absolute Gasteiger partial charge is 0.220 e. The first-order chi connectivity index (χ1) is 13.2. The molecule has 0 radical (unpaired) electrons. The van der Waals surface area contributed by atoms with Crippen LogP contribution in [0.25, 0.3) is 0 Å². The maximum atomic E-state index is 11.7. The highest BCUT2D eigenvalue weighted by Crippen LogP contribution is 2.18. The van der Waals surface area contributed by atoms with Crippen molar-refractivity contribution in [2.24, 2.45) is 4.99 Å². The summed E-state index contributed by atoms with van der Waals surface area (Å²) in [6.07, 6.45) is 5.41. The van der Waals surface area contributed by atoms with Crippen molar-refractivity contribution in [3.05, 3.63) is 11.6 Å². The molecule has 27 heavy (non-hydrogen) atoms. The number of amides is 1. The fourth-order valence-electron chi connectivity index (χ4n) is 3.14. The van der Waals surface area contributed by atoms with E-state index in [-0.39, 0.29) is 11.9 Å². The third kappa shape index (κ3) is 6.20. The number of methoxy groups -OCH3 is 1. The summed E-state index contributed by atoms with van der Waals surface area (Å²) >= 11 is 0. The van der Waals surface area contributed by atoms with Crippen molar-refractivity contribution in [1.82, 2.24) is 30.7 Å². The van der Waals surface area contributed by atoms with E-state index < -0.39 is 0 Å². The van der Waals surface area contributed by atoms with Crippen molar-refractivity contribution in [2.75, 3.05) is 20.2 Å². The number of guanidine groups is 1. The summed E-state index contributed by atoms with van der Waals surface area (Å²) in [5.41, 5.74) is 0. The van der Waals surface area contributed by atoms with Gasteiger partial charge in [0.1, 0.15) is 12.4 Å². The summed E-state index contributed by atoms with van der Waals surface area (Å²) in [5.74, 6) is 2.69. The highest BCUT2D eigenvalue weighted by Gasteiger charge is 2.23. The number of aliphatic imine (C=N–C) groups is 1. The molecule has 0 spiro atoms. The second-order valence-corrected chi connectivity index (χ2v) is 7.15. The van der Waals surface area contributed by atoms with Crippen LogP contribution < -0.4 is 16.0 Å². The van der Waals surface area contributed by atoms with Crippen LogP contribution in [0.5, 0.6) is 0 Å². The molecule has 1 fully saturated rings. The molecule has 3 N–H and O–H groups in total. The van der Waals surface area contributed by atoms with Crippen molar-refractivity contribution >= 4 is 11.9 Å². The van der Waals surface area contributed by atoms with Crippen LogP contribution in [0.1, 0.15) is 50.7 Å². The Morgan fingerprint density at radius 3 is 2.89 bits per heavy atom. The molecule has 1 saturated carbocycles. The van der Waals surface area contributed by atoms with Crippen LogP contribution in [0.15, 0.2) is 4.99 Å². The highest BCUT2D eigenvalue weighted by molar-refractivity contribution is 5.80. The molecular weight excluding hydrogens is 346 g/mol. The van der Waals surface area contributed by atoms with Crippen LogP contribution in [-0.4, -0.2) is 58.9 Å². The van der Waals surface area contributed by atoms with E-state index in [9.17, 15) is 4.79 Å². The number of carbonyl (C=O) groups excluding carboxylic acids is 1. The van der Waals surface area contributed by atoms with E-state index in [2.05, 4.69) is 31.0 Å². The summed E-state index contributed by atoms with van der Waals surface area (Å²) < 4.78 is 7.07. The Bertz CT molecular complexity index is 654. The number of hydrogen-bond donors (Lipinski definition) is 3. The second kappa shape index (κ2) is 9.68. The van der Waals surface area contributed by atoms with Gasteiger partial charge in [-0.3, -0.25) is 9.79 Å². The quantitative estimate of drug-likeness (QED) is 0.326. The lowest BCUT2D eigenvalue weighted by Crippen LogP contribution is -2.47. The minimum atomic E-state index is 0.142. The molecule has 1 aliphatic heterocycles. The second-order valence-electron chi connectivity index (χ2n) is 7.15. The molecule has 0 saturated heterocycles. The van der Waals surface area contributed by atoms with Gasteiger partial charge in [-0.1, -0.05) is 0 Å². The predicted octanol–water partition coefficient (Wildman–Crippen LogP) is 0.353. The first kappa shape index (κ1) is 19.6. The van der Waals surface area contributed by atoms with Gasteiger partial charge < -0.3 is 20.7 Å². The van der Waals surface area contributed by atoms with Gasteiger partial charge in [0.15, 0.2) is 11.8 Å². The molecule has 1 atom stereocenters. The molecule has 2 aliphatic rings. The number of rotatable bonds is 9. The number of hydrogen-bond acceptors (Lipinski definition) is 5. The van der Waals surface area contributed by atoms with E-state index in [1.54, 1.807) is 7.11 Å². The van der Waals surface area contributed by atoms with E-state index in [0.29, 0.717) is 25.6 Å². The molecule has 1 aromatic heterocycles. The van der Waals surface area contributed by atoms with E-state index >= 15 is 0 Å². The van der Waals surface area contributed by atoms with Gasteiger partial charge in [-0.25, -0.2) is 9.67 Å². The van der Waals surface area contributed by atoms with Crippen molar-refractivity contribution in [2.45, 2.75) is 70.7 Å². The summed E-state index contributed by atoms with van der Waals surface area (Å²) in [7, 11) is 1.65. The van der Waals surface area contributed by atoms with Crippen LogP contribution in [0, 0.1) is 0 Å². The summed E-state index contributed by atoms with van der Waals surface area (Å²) in [4.78, 5) is 20.9. The van der Waals surface area contributed by atoms with E-state index in [4.69, 9.17) is 4.74 Å². The van der Waals surface area contributed by atoms with Crippen LogP contribution in [0.2, 0.25) is 0 Å². The van der Waals surface area contributed by atoms with Gasteiger partial charge in [-0.2, -0.15) is 5.10 Å². The summed E-state index contributed by atoms with van der Waals surface area (Å²) in [6.45, 7) is 4.68. The van der Waals surface area contributed by atoms with E-state index in [1.165, 1.54) is 0 Å². The molecular formula is C18H31N7O2. The lowest BCUT2D eigenvalue weighted by atomic mass is 10.1. The molecule has 1 unspecified atom stereocenters. The molecule has 1 amide bonds. The lowest BCUT2D eigenvalue weighted by Gasteiger charge is -2.25. The number of nitrogens with one attached hydrogen (secondary N) is 3. The van der Waals surface area contributed by atoms with Crippen molar-refractivity contribution in [3.63, 3.8) is 0 Å². The Hall–Kier alpha value is -2.16. The van der Waals surface area contributed by atoms with Crippen LogP contribution in [-0.2, 0) is 29.1 Å². The number of ether oxygens (including phenoxy) is 1. The highest BCUT2D eigenvalue weighted by atomic mass is 16.5. The number of carbonyl (C=O) groups is 1. The van der Waals surface area contributed by atoms with Gasteiger partial charge in [0, 0.05) is 45.1 Å².